The minimum atomic E-state index is -0.384. The van der Waals surface area contributed by atoms with E-state index in [2.05, 4.69) is 15.2 Å². The Hall–Kier alpha value is -2.90. The van der Waals surface area contributed by atoms with Crippen LogP contribution in [0.1, 0.15) is 50.6 Å². The molecule has 2 aromatic rings. The number of amides is 1. The summed E-state index contributed by atoms with van der Waals surface area (Å²) < 4.78 is 5.66. The molecule has 1 fully saturated rings. The van der Waals surface area contributed by atoms with E-state index in [0.717, 1.165) is 5.56 Å². The number of carbonyl (C=O) groups excluding carboxylic acids is 1. The van der Waals surface area contributed by atoms with Crippen LogP contribution < -0.4 is 10.5 Å². The van der Waals surface area contributed by atoms with Crippen LogP contribution in [0.25, 0.3) is 0 Å². The first-order valence-corrected chi connectivity index (χ1v) is 8.96. The van der Waals surface area contributed by atoms with E-state index in [1.807, 2.05) is 44.7 Å². The van der Waals surface area contributed by atoms with Gasteiger partial charge in [-0.15, -0.1) is 0 Å². The van der Waals surface area contributed by atoms with Crippen molar-refractivity contribution in [2.75, 3.05) is 6.54 Å². The normalized spacial score (nSPS) is 19.5. The molecular formula is C19H26N6O2. The Bertz CT molecular complexity index is 837. The molecule has 1 aromatic heterocycles. The average molecular weight is 370 g/mol. The van der Waals surface area contributed by atoms with Crippen LogP contribution in [0.15, 0.2) is 24.3 Å². The quantitative estimate of drug-likeness (QED) is 0.549. The summed E-state index contributed by atoms with van der Waals surface area (Å²) in [6.45, 7) is 8.76. The van der Waals surface area contributed by atoms with Gasteiger partial charge in [-0.25, -0.2) is 5.10 Å². The lowest BCUT2D eigenvalue weighted by atomic mass is 9.84. The molecule has 0 aliphatic carbocycles. The molecule has 0 bridgehead atoms. The van der Waals surface area contributed by atoms with Crippen molar-refractivity contribution in [3.63, 3.8) is 0 Å². The van der Waals surface area contributed by atoms with Gasteiger partial charge in [-0.1, -0.05) is 45.0 Å². The molecule has 1 aliphatic rings. The van der Waals surface area contributed by atoms with Gasteiger partial charge in [-0.05, 0) is 12.5 Å². The van der Waals surface area contributed by atoms with Gasteiger partial charge in [0.15, 0.2) is 5.82 Å². The maximum atomic E-state index is 12.4. The summed E-state index contributed by atoms with van der Waals surface area (Å²) in [6, 6.07) is 7.71. The molecule has 1 aliphatic heterocycles. The molecule has 2 atom stereocenters. The molecule has 4 N–H and O–H groups in total. The Balaban J connectivity index is 1.56. The third-order valence-corrected chi connectivity index (χ3v) is 4.82. The summed E-state index contributed by atoms with van der Waals surface area (Å²) in [5, 5.41) is 14.5. The van der Waals surface area contributed by atoms with Gasteiger partial charge in [0.2, 0.25) is 5.91 Å². The Morgan fingerprint density at radius 3 is 2.59 bits per heavy atom. The fourth-order valence-corrected chi connectivity index (χ4v) is 3.03. The number of amidine groups is 1. The van der Waals surface area contributed by atoms with E-state index in [0.29, 0.717) is 30.5 Å². The first-order chi connectivity index (χ1) is 12.7. The van der Waals surface area contributed by atoms with Crippen molar-refractivity contribution in [1.82, 2.24) is 20.1 Å². The van der Waals surface area contributed by atoms with E-state index in [4.69, 9.17) is 15.9 Å². The van der Waals surface area contributed by atoms with Crippen molar-refractivity contribution in [3.8, 4) is 6.01 Å². The van der Waals surface area contributed by atoms with Crippen molar-refractivity contribution in [2.45, 2.75) is 46.3 Å². The fourth-order valence-electron chi connectivity index (χ4n) is 3.03. The van der Waals surface area contributed by atoms with Gasteiger partial charge in [-0.2, -0.15) is 10.1 Å². The minimum Gasteiger partial charge on any atom is -0.459 e. The van der Waals surface area contributed by atoms with Crippen molar-refractivity contribution in [2.24, 2.45) is 11.1 Å². The molecule has 1 aromatic carbocycles. The summed E-state index contributed by atoms with van der Waals surface area (Å²) in [7, 11) is 0. The summed E-state index contributed by atoms with van der Waals surface area (Å²) in [5.74, 6) is 0.963. The summed E-state index contributed by atoms with van der Waals surface area (Å²) in [5.41, 5.74) is 6.68. The van der Waals surface area contributed by atoms with Crippen LogP contribution in [0.3, 0.4) is 0 Å². The summed E-state index contributed by atoms with van der Waals surface area (Å²) in [4.78, 5) is 18.7. The van der Waals surface area contributed by atoms with Gasteiger partial charge >= 0.3 is 6.01 Å². The Morgan fingerprint density at radius 2 is 2.04 bits per heavy atom. The second kappa shape index (κ2) is 7.02. The number of nitrogens with zero attached hydrogens (tertiary/aromatic N) is 3. The number of hydrogen-bond donors (Lipinski definition) is 3. The second-order valence-electron chi connectivity index (χ2n) is 7.95. The molecule has 0 radical (unpaired) electrons. The predicted octanol–water partition coefficient (Wildman–Crippen LogP) is 2.03. The van der Waals surface area contributed by atoms with E-state index in [-0.39, 0.29) is 29.1 Å². The number of benzene rings is 1. The molecule has 8 heteroatoms. The van der Waals surface area contributed by atoms with Crippen LogP contribution in [0, 0.1) is 10.8 Å². The maximum absolute atomic E-state index is 12.4. The third-order valence-electron chi connectivity index (χ3n) is 4.82. The van der Waals surface area contributed by atoms with Gasteiger partial charge in [0.25, 0.3) is 0 Å². The topological polar surface area (TPSA) is 121 Å². The van der Waals surface area contributed by atoms with E-state index in [1.165, 1.54) is 0 Å². The average Bonchev–Trinajstić information content (AvgIpc) is 3.06. The number of hydrogen-bond acceptors (Lipinski definition) is 5. The molecule has 8 nitrogen and oxygen atoms in total. The highest BCUT2D eigenvalue weighted by atomic mass is 16.5. The Kier molecular flexibility index (Phi) is 4.91. The SMILES string of the molecule is CC1C(c2n[nH]c(OCc3ccc(C(=N)N)cc3)n2)CN1C(=O)C(C)(C)C. The molecule has 144 valence electrons. The molecule has 2 unspecified atom stereocenters. The summed E-state index contributed by atoms with van der Waals surface area (Å²) in [6.07, 6.45) is 0. The largest absolute Gasteiger partial charge is 0.459 e. The van der Waals surface area contributed by atoms with Crippen molar-refractivity contribution in [1.29, 1.82) is 5.41 Å². The van der Waals surface area contributed by atoms with E-state index < -0.39 is 0 Å². The molecule has 27 heavy (non-hydrogen) atoms. The number of ether oxygens (including phenoxy) is 1. The lowest BCUT2D eigenvalue weighted by molar-refractivity contribution is -0.148. The number of nitrogen functional groups attached to an aromatic ring is 1. The van der Waals surface area contributed by atoms with Gasteiger partial charge in [0, 0.05) is 23.6 Å². The number of nitrogens with two attached hydrogens (primary N) is 1. The first kappa shape index (κ1) is 18.9. The van der Waals surface area contributed by atoms with Crippen molar-refractivity contribution in [3.05, 3.63) is 41.2 Å². The van der Waals surface area contributed by atoms with Crippen LogP contribution in [0.4, 0.5) is 0 Å². The van der Waals surface area contributed by atoms with Crippen LogP contribution in [-0.4, -0.2) is 44.4 Å². The highest BCUT2D eigenvalue weighted by Crippen LogP contribution is 2.35. The highest BCUT2D eigenvalue weighted by Gasteiger charge is 2.44. The molecule has 3 rings (SSSR count). The van der Waals surface area contributed by atoms with Crippen molar-refractivity contribution >= 4 is 11.7 Å². The maximum Gasteiger partial charge on any atom is 0.312 e. The molecular weight excluding hydrogens is 344 g/mol. The van der Waals surface area contributed by atoms with Crippen LogP contribution in [0.2, 0.25) is 0 Å². The van der Waals surface area contributed by atoms with Crippen LogP contribution >= 0.6 is 0 Å². The van der Waals surface area contributed by atoms with E-state index >= 15 is 0 Å². The van der Waals surface area contributed by atoms with Crippen LogP contribution in [-0.2, 0) is 11.4 Å². The number of aromatic amines is 1. The zero-order valence-corrected chi connectivity index (χ0v) is 16.1. The molecule has 1 saturated heterocycles. The number of carbonyl (C=O) groups is 1. The van der Waals surface area contributed by atoms with E-state index in [9.17, 15) is 4.79 Å². The number of likely N-dealkylation sites (tertiary alicyclic amines) is 1. The number of aromatic nitrogens is 3. The molecule has 1 amide bonds. The number of rotatable bonds is 5. The standard InChI is InChI=1S/C19H26N6O2/c1-11-14(9-25(11)17(26)19(2,3)4)16-22-18(24-23-16)27-10-12-5-7-13(8-6-12)15(20)21/h5-8,11,14H,9-10H2,1-4H3,(H3,20,21)(H,22,23,24). The van der Waals surface area contributed by atoms with Gasteiger partial charge < -0.3 is 15.4 Å². The predicted molar refractivity (Wildman–Crippen MR) is 102 cm³/mol. The van der Waals surface area contributed by atoms with Crippen molar-refractivity contribution < 1.29 is 9.53 Å². The van der Waals surface area contributed by atoms with Crippen LogP contribution in [0.5, 0.6) is 6.01 Å². The molecule has 0 saturated carbocycles. The van der Waals surface area contributed by atoms with Gasteiger partial charge in [-0.3, -0.25) is 10.2 Å². The zero-order valence-electron chi connectivity index (χ0n) is 16.1. The fraction of sp³-hybridized carbons (Fsp3) is 0.474. The third kappa shape index (κ3) is 3.94. The Labute approximate surface area is 158 Å². The number of nitrogens with one attached hydrogen (secondary N) is 2. The molecule has 0 spiro atoms. The Morgan fingerprint density at radius 1 is 1.37 bits per heavy atom. The second-order valence-corrected chi connectivity index (χ2v) is 7.95. The molecule has 2 heterocycles. The van der Waals surface area contributed by atoms with Gasteiger partial charge in [0.1, 0.15) is 12.4 Å². The monoisotopic (exact) mass is 370 g/mol. The highest BCUT2D eigenvalue weighted by molar-refractivity contribution is 5.94. The number of H-pyrrole nitrogens is 1. The minimum absolute atomic E-state index is 0.0379. The van der Waals surface area contributed by atoms with Gasteiger partial charge in [0.05, 0.1) is 5.92 Å². The first-order valence-electron chi connectivity index (χ1n) is 8.96. The van der Waals surface area contributed by atoms with E-state index in [1.54, 1.807) is 12.1 Å². The lowest BCUT2D eigenvalue weighted by Crippen LogP contribution is -2.58. The smallest absolute Gasteiger partial charge is 0.312 e. The zero-order chi connectivity index (χ0) is 19.8. The summed E-state index contributed by atoms with van der Waals surface area (Å²) >= 11 is 0. The lowest BCUT2D eigenvalue weighted by Gasteiger charge is -2.47.